The van der Waals surface area contributed by atoms with Crippen molar-refractivity contribution in [3.05, 3.63) is 11.8 Å². The second-order valence-electron chi connectivity index (χ2n) is 8.01. The van der Waals surface area contributed by atoms with Gasteiger partial charge in [0.2, 0.25) is 11.8 Å². The van der Waals surface area contributed by atoms with Crippen LogP contribution in [0.4, 0.5) is 0 Å². The van der Waals surface area contributed by atoms with Crippen molar-refractivity contribution in [2.24, 2.45) is 17.3 Å². The van der Waals surface area contributed by atoms with E-state index in [-0.39, 0.29) is 11.5 Å². The summed E-state index contributed by atoms with van der Waals surface area (Å²) < 4.78 is 6.08. The van der Waals surface area contributed by atoms with Crippen molar-refractivity contribution in [3.63, 3.8) is 0 Å². The van der Waals surface area contributed by atoms with Gasteiger partial charge in [-0.1, -0.05) is 6.92 Å². The Morgan fingerprint density at radius 2 is 1.90 bits per heavy atom. The van der Waals surface area contributed by atoms with E-state index in [0.717, 1.165) is 23.6 Å². The summed E-state index contributed by atoms with van der Waals surface area (Å²) in [5.74, 6) is 3.44. The lowest BCUT2D eigenvalue weighted by Gasteiger charge is -2.60. The van der Waals surface area contributed by atoms with Gasteiger partial charge < -0.3 is 9.73 Å². The molecule has 0 aromatic carbocycles. The van der Waals surface area contributed by atoms with Crippen LogP contribution in [0, 0.1) is 17.3 Å². The van der Waals surface area contributed by atoms with Gasteiger partial charge in [0.05, 0.1) is 6.04 Å². The Morgan fingerprint density at radius 1 is 1.20 bits per heavy atom. The lowest BCUT2D eigenvalue weighted by Crippen LogP contribution is -2.53. The van der Waals surface area contributed by atoms with Crippen LogP contribution in [0.5, 0.6) is 0 Å². The minimum atomic E-state index is 0.140. The summed E-state index contributed by atoms with van der Waals surface area (Å²) in [6.07, 6.45) is 8.06. The summed E-state index contributed by atoms with van der Waals surface area (Å²) in [5.41, 5.74) is 0.713. The van der Waals surface area contributed by atoms with E-state index in [1.165, 1.54) is 38.5 Å². The van der Waals surface area contributed by atoms with E-state index < -0.39 is 0 Å². The normalized spacial score (nSPS) is 44.0. The van der Waals surface area contributed by atoms with Crippen LogP contribution in [0.3, 0.4) is 0 Å². The Morgan fingerprint density at radius 3 is 2.50 bits per heavy atom. The second kappa shape index (κ2) is 4.06. The average Bonchev–Trinajstić information content (AvgIpc) is 2.85. The quantitative estimate of drug-likeness (QED) is 0.920. The van der Waals surface area contributed by atoms with Gasteiger partial charge in [-0.15, -0.1) is 10.2 Å². The first-order valence-electron chi connectivity index (χ1n) is 8.03. The van der Waals surface area contributed by atoms with Crippen molar-refractivity contribution in [2.45, 2.75) is 63.8 Å². The molecule has 20 heavy (non-hydrogen) atoms. The lowest BCUT2D eigenvalue weighted by atomic mass is 9.44. The number of rotatable bonds is 3. The summed E-state index contributed by atoms with van der Waals surface area (Å²) in [7, 11) is 1.93. The summed E-state index contributed by atoms with van der Waals surface area (Å²) in [6, 6.07) is 0.140. The van der Waals surface area contributed by atoms with E-state index in [2.05, 4.69) is 29.4 Å². The molecule has 4 saturated carbocycles. The number of aromatic nitrogens is 2. The fourth-order valence-corrected chi connectivity index (χ4v) is 5.72. The Bertz CT molecular complexity index is 510. The first kappa shape index (κ1) is 12.8. The summed E-state index contributed by atoms with van der Waals surface area (Å²) in [5, 5.41) is 11.9. The maximum atomic E-state index is 6.08. The molecular weight excluding hydrogens is 250 g/mol. The molecule has 110 valence electrons. The predicted octanol–water partition coefficient (Wildman–Crippen LogP) is 3.21. The number of nitrogens with zero attached hydrogens (tertiary/aromatic N) is 2. The topological polar surface area (TPSA) is 51.0 Å². The average molecular weight is 275 g/mol. The Hall–Kier alpha value is -0.900. The summed E-state index contributed by atoms with van der Waals surface area (Å²) in [6.45, 7) is 4.55. The largest absolute Gasteiger partial charge is 0.423 e. The molecule has 4 heteroatoms. The van der Waals surface area contributed by atoms with Crippen LogP contribution in [0.2, 0.25) is 0 Å². The minimum Gasteiger partial charge on any atom is -0.423 e. The maximum Gasteiger partial charge on any atom is 0.233 e. The highest BCUT2D eigenvalue weighted by Gasteiger charge is 2.58. The van der Waals surface area contributed by atoms with Gasteiger partial charge in [0.15, 0.2) is 0 Å². The van der Waals surface area contributed by atoms with Crippen molar-refractivity contribution in [1.29, 1.82) is 0 Å². The third-order valence-electron chi connectivity index (χ3n) is 6.05. The molecule has 0 radical (unpaired) electrons. The van der Waals surface area contributed by atoms with Gasteiger partial charge in [0.25, 0.3) is 0 Å². The van der Waals surface area contributed by atoms with E-state index in [4.69, 9.17) is 4.42 Å². The van der Waals surface area contributed by atoms with E-state index in [1.807, 2.05) is 7.05 Å². The van der Waals surface area contributed by atoms with Gasteiger partial charge in [0, 0.05) is 5.41 Å². The molecule has 1 aromatic heterocycles. The summed E-state index contributed by atoms with van der Waals surface area (Å²) in [4.78, 5) is 0. The zero-order valence-corrected chi connectivity index (χ0v) is 12.8. The zero-order valence-electron chi connectivity index (χ0n) is 12.8. The second-order valence-corrected chi connectivity index (χ2v) is 8.01. The van der Waals surface area contributed by atoms with Gasteiger partial charge in [-0.05, 0) is 69.7 Å². The fraction of sp³-hybridized carbons (Fsp3) is 0.875. The van der Waals surface area contributed by atoms with Gasteiger partial charge in [-0.2, -0.15) is 0 Å². The number of nitrogens with one attached hydrogen (secondary N) is 1. The van der Waals surface area contributed by atoms with Crippen LogP contribution in [-0.2, 0) is 5.41 Å². The summed E-state index contributed by atoms with van der Waals surface area (Å²) >= 11 is 0. The van der Waals surface area contributed by atoms with Crippen molar-refractivity contribution in [2.75, 3.05) is 7.05 Å². The van der Waals surface area contributed by atoms with Crippen LogP contribution in [0.15, 0.2) is 4.42 Å². The van der Waals surface area contributed by atoms with E-state index in [0.29, 0.717) is 5.41 Å². The molecule has 4 bridgehead atoms. The van der Waals surface area contributed by atoms with Crippen LogP contribution in [0.1, 0.15) is 70.2 Å². The SMILES string of the molecule is CNC(C)c1nnc(C23CC4CC(CC(C)(C4)C2)C3)o1. The molecule has 3 unspecified atom stereocenters. The van der Waals surface area contributed by atoms with E-state index >= 15 is 0 Å². The fourth-order valence-electron chi connectivity index (χ4n) is 5.72. The van der Waals surface area contributed by atoms with Crippen LogP contribution in [0.25, 0.3) is 0 Å². The molecule has 3 atom stereocenters. The molecule has 0 aliphatic heterocycles. The highest BCUT2D eigenvalue weighted by molar-refractivity contribution is 5.17. The molecule has 4 nitrogen and oxygen atoms in total. The molecule has 4 aliphatic carbocycles. The molecule has 5 rings (SSSR count). The molecule has 1 N–H and O–H groups in total. The zero-order chi connectivity index (χ0) is 14.0. The van der Waals surface area contributed by atoms with Gasteiger partial charge >= 0.3 is 0 Å². The lowest BCUT2D eigenvalue weighted by molar-refractivity contribution is -0.0713. The van der Waals surface area contributed by atoms with E-state index in [9.17, 15) is 0 Å². The van der Waals surface area contributed by atoms with Crippen molar-refractivity contribution in [3.8, 4) is 0 Å². The van der Waals surface area contributed by atoms with Crippen LogP contribution < -0.4 is 5.32 Å². The van der Waals surface area contributed by atoms with Crippen molar-refractivity contribution < 1.29 is 4.42 Å². The maximum absolute atomic E-state index is 6.08. The first-order chi connectivity index (χ1) is 9.52. The Labute approximate surface area is 120 Å². The highest BCUT2D eigenvalue weighted by Crippen LogP contribution is 2.65. The predicted molar refractivity (Wildman–Crippen MR) is 76.2 cm³/mol. The monoisotopic (exact) mass is 275 g/mol. The highest BCUT2D eigenvalue weighted by atomic mass is 16.4. The van der Waals surface area contributed by atoms with Gasteiger partial charge in [0.1, 0.15) is 0 Å². The van der Waals surface area contributed by atoms with Crippen LogP contribution >= 0.6 is 0 Å². The molecule has 0 amide bonds. The minimum absolute atomic E-state index is 0.140. The van der Waals surface area contributed by atoms with Gasteiger partial charge in [-0.25, -0.2) is 0 Å². The third kappa shape index (κ3) is 1.77. The Kier molecular flexibility index (Phi) is 2.60. The standard InChI is InChI=1S/C16H25N3O/c1-10(17-3)13-18-19-14(20-13)16-7-11-4-12(8-16)6-15(2,5-11)9-16/h10-12,17H,4-9H2,1-3H3. The molecule has 4 fully saturated rings. The number of hydrogen-bond acceptors (Lipinski definition) is 4. The molecule has 0 spiro atoms. The molecule has 4 aliphatic rings. The molecular formula is C16H25N3O. The Balaban J connectivity index is 1.69. The van der Waals surface area contributed by atoms with Crippen molar-refractivity contribution >= 4 is 0 Å². The molecule has 1 aromatic rings. The third-order valence-corrected chi connectivity index (χ3v) is 6.05. The molecule has 0 saturated heterocycles. The smallest absolute Gasteiger partial charge is 0.233 e. The molecule has 1 heterocycles. The van der Waals surface area contributed by atoms with Crippen LogP contribution in [-0.4, -0.2) is 17.2 Å². The number of hydrogen-bond donors (Lipinski definition) is 1. The van der Waals surface area contributed by atoms with Crippen molar-refractivity contribution in [1.82, 2.24) is 15.5 Å². The first-order valence-corrected chi connectivity index (χ1v) is 8.03. The van der Waals surface area contributed by atoms with E-state index in [1.54, 1.807) is 0 Å². The van der Waals surface area contributed by atoms with Gasteiger partial charge in [-0.3, -0.25) is 0 Å².